The number of likely N-dealkylation sites (N-methyl/N-ethyl adjacent to an activating group) is 1. The molecule has 1 N–H and O–H groups in total. The highest BCUT2D eigenvalue weighted by Crippen LogP contribution is 2.22. The summed E-state index contributed by atoms with van der Waals surface area (Å²) in [5, 5.41) is 3.55. The van der Waals surface area contributed by atoms with E-state index in [1.807, 2.05) is 30.3 Å². The van der Waals surface area contributed by atoms with Gasteiger partial charge >= 0.3 is 0 Å². The van der Waals surface area contributed by atoms with Crippen molar-refractivity contribution in [2.45, 2.75) is 6.04 Å². The van der Waals surface area contributed by atoms with Gasteiger partial charge in [0.1, 0.15) is 0 Å². The molecule has 0 saturated carbocycles. The van der Waals surface area contributed by atoms with Gasteiger partial charge in [-0.3, -0.25) is 9.69 Å². The van der Waals surface area contributed by atoms with Crippen LogP contribution in [-0.2, 0) is 0 Å². The van der Waals surface area contributed by atoms with Gasteiger partial charge in [-0.2, -0.15) is 0 Å². The van der Waals surface area contributed by atoms with E-state index in [1.54, 1.807) is 12.1 Å². The van der Waals surface area contributed by atoms with Crippen LogP contribution in [0.4, 0.5) is 0 Å². The minimum atomic E-state index is -0.124. The molecular formula is C20H24ClN3O. The van der Waals surface area contributed by atoms with Crippen molar-refractivity contribution in [2.24, 2.45) is 0 Å². The van der Waals surface area contributed by atoms with Crippen LogP contribution < -0.4 is 5.32 Å². The Morgan fingerprint density at radius 3 is 2.36 bits per heavy atom. The van der Waals surface area contributed by atoms with E-state index in [-0.39, 0.29) is 11.9 Å². The Morgan fingerprint density at radius 1 is 1.04 bits per heavy atom. The number of hydrogen-bond acceptors (Lipinski definition) is 3. The fourth-order valence-corrected chi connectivity index (χ4v) is 3.42. The second-order valence-corrected chi connectivity index (χ2v) is 6.86. The molecule has 1 atom stereocenters. The van der Waals surface area contributed by atoms with Gasteiger partial charge in [0.2, 0.25) is 0 Å². The number of benzene rings is 2. The number of nitrogens with one attached hydrogen (secondary N) is 1. The van der Waals surface area contributed by atoms with Crippen LogP contribution >= 0.6 is 11.6 Å². The molecule has 4 nitrogen and oxygen atoms in total. The van der Waals surface area contributed by atoms with E-state index in [2.05, 4.69) is 34.3 Å². The maximum atomic E-state index is 12.5. The number of halogens is 1. The highest BCUT2D eigenvalue weighted by atomic mass is 35.5. The lowest BCUT2D eigenvalue weighted by Crippen LogP contribution is -2.48. The predicted molar refractivity (Wildman–Crippen MR) is 102 cm³/mol. The van der Waals surface area contributed by atoms with Gasteiger partial charge in [0.25, 0.3) is 5.91 Å². The summed E-state index contributed by atoms with van der Waals surface area (Å²) in [4.78, 5) is 17.3. The van der Waals surface area contributed by atoms with Crippen LogP contribution in [0.25, 0.3) is 0 Å². The monoisotopic (exact) mass is 357 g/mol. The quantitative estimate of drug-likeness (QED) is 0.893. The van der Waals surface area contributed by atoms with Gasteiger partial charge in [-0.1, -0.05) is 54.1 Å². The lowest BCUT2D eigenvalue weighted by atomic mass is 10.0. The molecule has 25 heavy (non-hydrogen) atoms. The van der Waals surface area contributed by atoms with E-state index in [1.165, 1.54) is 5.56 Å². The van der Waals surface area contributed by atoms with Gasteiger partial charge in [-0.05, 0) is 24.7 Å². The third-order valence-corrected chi connectivity index (χ3v) is 5.07. The Hall–Kier alpha value is -1.88. The van der Waals surface area contributed by atoms with Crippen LogP contribution in [0, 0.1) is 0 Å². The molecule has 2 aromatic rings. The minimum absolute atomic E-state index is 0.124. The van der Waals surface area contributed by atoms with Crippen LogP contribution in [0.1, 0.15) is 22.0 Å². The molecule has 2 aromatic carbocycles. The number of hydrogen-bond donors (Lipinski definition) is 1. The fraction of sp³-hybridized carbons (Fsp3) is 0.350. The van der Waals surface area contributed by atoms with E-state index >= 15 is 0 Å². The van der Waals surface area contributed by atoms with Gasteiger partial charge in [0.15, 0.2) is 0 Å². The summed E-state index contributed by atoms with van der Waals surface area (Å²) in [5.41, 5.74) is 1.75. The summed E-state index contributed by atoms with van der Waals surface area (Å²) in [5.74, 6) is -0.124. The first-order chi connectivity index (χ1) is 12.1. The van der Waals surface area contributed by atoms with Crippen LogP contribution in [0.5, 0.6) is 0 Å². The maximum Gasteiger partial charge on any atom is 0.252 e. The molecule has 1 heterocycles. The molecular weight excluding hydrogens is 334 g/mol. The number of rotatable bonds is 5. The highest BCUT2D eigenvalue weighted by Gasteiger charge is 2.24. The average molecular weight is 358 g/mol. The maximum absolute atomic E-state index is 12.5. The van der Waals surface area contributed by atoms with Crippen LogP contribution in [0.2, 0.25) is 5.02 Å². The van der Waals surface area contributed by atoms with E-state index in [0.29, 0.717) is 17.1 Å². The SMILES string of the molecule is CN1CCN(C(CNC(=O)c2ccccc2Cl)c2ccccc2)CC1. The van der Waals surface area contributed by atoms with E-state index < -0.39 is 0 Å². The average Bonchev–Trinajstić information content (AvgIpc) is 2.64. The largest absolute Gasteiger partial charge is 0.350 e. The summed E-state index contributed by atoms with van der Waals surface area (Å²) < 4.78 is 0. The van der Waals surface area contributed by atoms with Crippen molar-refractivity contribution in [1.29, 1.82) is 0 Å². The summed E-state index contributed by atoms with van der Waals surface area (Å²) in [6.45, 7) is 4.65. The first kappa shape index (κ1) is 17.9. The smallest absolute Gasteiger partial charge is 0.252 e. The number of carbonyl (C=O) groups is 1. The molecule has 0 bridgehead atoms. The Balaban J connectivity index is 1.72. The van der Waals surface area contributed by atoms with E-state index in [4.69, 9.17) is 11.6 Å². The van der Waals surface area contributed by atoms with Crippen molar-refractivity contribution in [1.82, 2.24) is 15.1 Å². The zero-order valence-electron chi connectivity index (χ0n) is 14.5. The molecule has 1 amide bonds. The van der Waals surface area contributed by atoms with Crippen molar-refractivity contribution in [3.63, 3.8) is 0 Å². The standard InChI is InChI=1S/C20H24ClN3O/c1-23-11-13-24(14-12-23)19(16-7-3-2-4-8-16)15-22-20(25)17-9-5-6-10-18(17)21/h2-10,19H,11-15H2,1H3,(H,22,25). The molecule has 1 saturated heterocycles. The number of amides is 1. The highest BCUT2D eigenvalue weighted by molar-refractivity contribution is 6.33. The van der Waals surface area contributed by atoms with Crippen LogP contribution in [0.15, 0.2) is 54.6 Å². The van der Waals surface area contributed by atoms with Gasteiger partial charge in [0, 0.05) is 32.7 Å². The molecule has 0 aromatic heterocycles. The van der Waals surface area contributed by atoms with Gasteiger partial charge in [-0.15, -0.1) is 0 Å². The number of carbonyl (C=O) groups excluding carboxylic acids is 1. The third-order valence-electron chi connectivity index (χ3n) is 4.74. The normalized spacial score (nSPS) is 17.2. The molecule has 0 spiro atoms. The minimum Gasteiger partial charge on any atom is -0.350 e. The molecule has 132 valence electrons. The first-order valence-corrected chi connectivity index (χ1v) is 9.03. The van der Waals surface area contributed by atoms with Crippen molar-refractivity contribution in [2.75, 3.05) is 39.8 Å². The molecule has 0 aliphatic carbocycles. The van der Waals surface area contributed by atoms with Crippen molar-refractivity contribution >= 4 is 17.5 Å². The number of nitrogens with zero attached hydrogens (tertiary/aromatic N) is 2. The van der Waals surface area contributed by atoms with Gasteiger partial charge < -0.3 is 10.2 Å². The Kier molecular flexibility index (Phi) is 6.08. The zero-order valence-corrected chi connectivity index (χ0v) is 15.2. The van der Waals surface area contributed by atoms with Crippen molar-refractivity contribution < 1.29 is 4.79 Å². The molecule has 1 fully saturated rings. The van der Waals surface area contributed by atoms with Crippen LogP contribution in [-0.4, -0.2) is 55.5 Å². The van der Waals surface area contributed by atoms with E-state index in [9.17, 15) is 4.79 Å². The first-order valence-electron chi connectivity index (χ1n) is 8.65. The summed E-state index contributed by atoms with van der Waals surface area (Å²) >= 11 is 6.14. The number of piperazine rings is 1. The molecule has 1 aliphatic heterocycles. The summed E-state index contributed by atoms with van der Waals surface area (Å²) in [6, 6.07) is 17.7. The summed E-state index contributed by atoms with van der Waals surface area (Å²) in [7, 11) is 2.15. The zero-order chi connectivity index (χ0) is 17.6. The predicted octanol–water partition coefficient (Wildman–Crippen LogP) is 3.06. The van der Waals surface area contributed by atoms with Crippen LogP contribution in [0.3, 0.4) is 0 Å². The Labute approximate surface area is 154 Å². The topological polar surface area (TPSA) is 35.6 Å². The third kappa shape index (κ3) is 4.60. The van der Waals surface area contributed by atoms with Crippen molar-refractivity contribution in [3.05, 3.63) is 70.7 Å². The summed E-state index contributed by atoms with van der Waals surface area (Å²) in [6.07, 6.45) is 0. The Bertz CT molecular complexity index is 699. The fourth-order valence-electron chi connectivity index (χ4n) is 3.20. The van der Waals surface area contributed by atoms with E-state index in [0.717, 1.165) is 26.2 Å². The van der Waals surface area contributed by atoms with Gasteiger partial charge in [-0.25, -0.2) is 0 Å². The second-order valence-electron chi connectivity index (χ2n) is 6.46. The molecule has 0 radical (unpaired) electrons. The second kappa shape index (κ2) is 8.48. The Morgan fingerprint density at radius 2 is 1.68 bits per heavy atom. The lowest BCUT2D eigenvalue weighted by molar-refractivity contribution is 0.0886. The molecule has 1 aliphatic rings. The molecule has 1 unspecified atom stereocenters. The van der Waals surface area contributed by atoms with Crippen molar-refractivity contribution in [3.8, 4) is 0 Å². The molecule has 5 heteroatoms. The lowest BCUT2D eigenvalue weighted by Gasteiger charge is -2.38. The van der Waals surface area contributed by atoms with Gasteiger partial charge in [0.05, 0.1) is 16.6 Å². The molecule has 3 rings (SSSR count).